The number of nitrogens with zero attached hydrogens (tertiary/aromatic N) is 3. The predicted molar refractivity (Wildman–Crippen MR) is 112 cm³/mol. The third-order valence-electron chi connectivity index (χ3n) is 6.47. The Bertz CT molecular complexity index is 919. The Hall–Kier alpha value is -2.12. The van der Waals surface area contributed by atoms with Gasteiger partial charge in [0.05, 0.1) is 18.2 Å². The Kier molecular flexibility index (Phi) is 4.95. The van der Waals surface area contributed by atoms with E-state index in [1.54, 1.807) is 24.2 Å². The quantitative estimate of drug-likeness (QED) is 0.645. The second-order valence-corrected chi connectivity index (χ2v) is 9.43. The monoisotopic (exact) mass is 410 g/mol. The standard InChI is InChI=1S/C22H26N4O2S/c1-2-28-21(27)16-12-22(13-16)5-9-26(10-6-22)14-15-3-4-18-17(11-15)25-19-20(29-18)24-8-7-23-19/h3-4,7-8,11,16H,2,5-6,9-10,12-14H2,1H3,(H,23,25). The van der Waals surface area contributed by atoms with Gasteiger partial charge in [0.2, 0.25) is 0 Å². The van der Waals surface area contributed by atoms with Gasteiger partial charge in [-0.3, -0.25) is 9.69 Å². The molecule has 0 bridgehead atoms. The molecule has 1 aliphatic carbocycles. The van der Waals surface area contributed by atoms with Crippen LogP contribution >= 0.6 is 11.8 Å². The lowest BCUT2D eigenvalue weighted by Gasteiger charge is -2.51. The number of carbonyl (C=O) groups excluding carboxylic acids is 1. The number of piperidine rings is 1. The molecule has 29 heavy (non-hydrogen) atoms. The lowest BCUT2D eigenvalue weighted by atomic mass is 9.57. The van der Waals surface area contributed by atoms with E-state index in [0.29, 0.717) is 12.0 Å². The van der Waals surface area contributed by atoms with Crippen LogP contribution in [0, 0.1) is 11.3 Å². The van der Waals surface area contributed by atoms with E-state index in [-0.39, 0.29) is 11.9 Å². The maximum Gasteiger partial charge on any atom is 0.308 e. The highest BCUT2D eigenvalue weighted by atomic mass is 32.2. The summed E-state index contributed by atoms with van der Waals surface area (Å²) in [5.74, 6) is 0.978. The van der Waals surface area contributed by atoms with E-state index in [1.165, 1.54) is 23.3 Å². The molecule has 7 heteroatoms. The highest BCUT2D eigenvalue weighted by Gasteiger charge is 2.48. The fourth-order valence-corrected chi connectivity index (χ4v) is 5.72. The summed E-state index contributed by atoms with van der Waals surface area (Å²) in [7, 11) is 0. The fraction of sp³-hybridized carbons (Fsp3) is 0.500. The van der Waals surface area contributed by atoms with Gasteiger partial charge in [-0.1, -0.05) is 17.8 Å². The van der Waals surface area contributed by atoms with Crippen molar-refractivity contribution >= 4 is 29.2 Å². The maximum absolute atomic E-state index is 11.9. The van der Waals surface area contributed by atoms with Crippen LogP contribution in [0.4, 0.5) is 11.5 Å². The van der Waals surface area contributed by atoms with Crippen molar-refractivity contribution in [1.29, 1.82) is 0 Å². The lowest BCUT2D eigenvalue weighted by Crippen LogP contribution is -2.49. The van der Waals surface area contributed by atoms with E-state index in [9.17, 15) is 4.79 Å². The van der Waals surface area contributed by atoms with Crippen molar-refractivity contribution in [3.05, 3.63) is 36.2 Å². The third kappa shape index (κ3) is 3.73. The van der Waals surface area contributed by atoms with Crippen LogP contribution < -0.4 is 5.32 Å². The van der Waals surface area contributed by atoms with Gasteiger partial charge in [-0.15, -0.1) is 0 Å². The van der Waals surface area contributed by atoms with Gasteiger partial charge in [-0.05, 0) is 68.8 Å². The van der Waals surface area contributed by atoms with Gasteiger partial charge in [0.1, 0.15) is 5.03 Å². The van der Waals surface area contributed by atoms with E-state index in [4.69, 9.17) is 4.74 Å². The number of anilines is 2. The minimum atomic E-state index is 0.00578. The molecule has 0 atom stereocenters. The SMILES string of the molecule is CCOC(=O)C1CC2(CCN(Cc3ccc4c(c3)Nc3nccnc3S4)CC2)C1. The zero-order valence-electron chi connectivity index (χ0n) is 16.7. The number of benzene rings is 1. The van der Waals surface area contributed by atoms with E-state index < -0.39 is 0 Å². The Morgan fingerprint density at radius 2 is 2.07 bits per heavy atom. The van der Waals surface area contributed by atoms with Crippen LogP contribution in [0.2, 0.25) is 0 Å². The number of esters is 1. The number of likely N-dealkylation sites (tertiary alicyclic amines) is 1. The van der Waals surface area contributed by atoms with Crippen LogP contribution in [0.25, 0.3) is 0 Å². The molecular formula is C22H26N4O2S. The van der Waals surface area contributed by atoms with Crippen LogP contribution in [0.5, 0.6) is 0 Å². The number of fused-ring (bicyclic) bond motifs is 2. The first-order valence-electron chi connectivity index (χ1n) is 10.4. The summed E-state index contributed by atoms with van der Waals surface area (Å²) in [6, 6.07) is 6.64. The first-order chi connectivity index (χ1) is 14.1. The van der Waals surface area contributed by atoms with E-state index in [0.717, 1.165) is 49.0 Å². The van der Waals surface area contributed by atoms with Gasteiger partial charge < -0.3 is 10.1 Å². The molecule has 1 saturated heterocycles. The van der Waals surface area contributed by atoms with Crippen molar-refractivity contribution < 1.29 is 9.53 Å². The second kappa shape index (κ2) is 7.61. The molecule has 2 aromatic rings. The summed E-state index contributed by atoms with van der Waals surface area (Å²) in [6.45, 7) is 5.53. The van der Waals surface area contributed by atoms with Crippen molar-refractivity contribution in [2.75, 3.05) is 25.0 Å². The molecule has 2 aliphatic heterocycles. The Balaban J connectivity index is 1.17. The molecule has 2 fully saturated rings. The largest absolute Gasteiger partial charge is 0.466 e. The average molecular weight is 411 g/mol. The van der Waals surface area contributed by atoms with Crippen molar-refractivity contribution in [2.45, 2.75) is 49.1 Å². The van der Waals surface area contributed by atoms with Crippen molar-refractivity contribution in [1.82, 2.24) is 14.9 Å². The Morgan fingerprint density at radius 3 is 2.86 bits per heavy atom. The number of carbonyl (C=O) groups is 1. The summed E-state index contributed by atoms with van der Waals surface area (Å²) >= 11 is 1.67. The Labute approximate surface area is 175 Å². The normalized spacial score (nSPS) is 20.3. The number of hydrogen-bond acceptors (Lipinski definition) is 7. The van der Waals surface area contributed by atoms with E-state index in [1.807, 2.05) is 6.92 Å². The number of aromatic nitrogens is 2. The molecule has 152 valence electrons. The molecule has 1 saturated carbocycles. The van der Waals surface area contributed by atoms with Gasteiger partial charge in [-0.25, -0.2) is 9.97 Å². The number of nitrogens with one attached hydrogen (secondary N) is 1. The van der Waals surface area contributed by atoms with Gasteiger partial charge in [-0.2, -0.15) is 0 Å². The molecule has 0 radical (unpaired) electrons. The molecule has 3 heterocycles. The highest BCUT2D eigenvalue weighted by molar-refractivity contribution is 7.99. The number of rotatable bonds is 4. The van der Waals surface area contributed by atoms with Crippen molar-refractivity contribution in [3.63, 3.8) is 0 Å². The first kappa shape index (κ1) is 18.9. The Morgan fingerprint density at radius 1 is 1.28 bits per heavy atom. The van der Waals surface area contributed by atoms with Gasteiger partial charge >= 0.3 is 5.97 Å². The summed E-state index contributed by atoms with van der Waals surface area (Å²) in [5, 5.41) is 4.35. The number of hydrogen-bond donors (Lipinski definition) is 1. The van der Waals surface area contributed by atoms with Crippen LogP contribution in [0.3, 0.4) is 0 Å². The molecule has 3 aliphatic rings. The molecule has 0 unspecified atom stereocenters. The van der Waals surface area contributed by atoms with Gasteiger partial charge in [0.25, 0.3) is 0 Å². The molecule has 1 aromatic carbocycles. The molecule has 1 aromatic heterocycles. The average Bonchev–Trinajstić information content (AvgIpc) is 2.71. The summed E-state index contributed by atoms with van der Waals surface area (Å²) < 4.78 is 5.18. The highest BCUT2D eigenvalue weighted by Crippen LogP contribution is 2.53. The molecule has 6 nitrogen and oxygen atoms in total. The van der Waals surface area contributed by atoms with Crippen molar-refractivity contribution in [3.8, 4) is 0 Å². The molecule has 1 spiro atoms. The topological polar surface area (TPSA) is 67.3 Å². The smallest absolute Gasteiger partial charge is 0.308 e. The molecule has 1 N–H and O–H groups in total. The van der Waals surface area contributed by atoms with Crippen LogP contribution in [-0.2, 0) is 16.1 Å². The van der Waals surface area contributed by atoms with Crippen LogP contribution in [-0.4, -0.2) is 40.5 Å². The first-order valence-corrected chi connectivity index (χ1v) is 11.2. The minimum Gasteiger partial charge on any atom is -0.466 e. The summed E-state index contributed by atoms with van der Waals surface area (Å²) in [5.41, 5.74) is 2.81. The van der Waals surface area contributed by atoms with E-state index >= 15 is 0 Å². The van der Waals surface area contributed by atoms with Gasteiger partial charge in [0.15, 0.2) is 5.82 Å². The van der Waals surface area contributed by atoms with Crippen molar-refractivity contribution in [2.24, 2.45) is 11.3 Å². The molecular weight excluding hydrogens is 384 g/mol. The van der Waals surface area contributed by atoms with Gasteiger partial charge in [0, 0.05) is 23.8 Å². The predicted octanol–water partition coefficient (Wildman–Crippen LogP) is 4.24. The van der Waals surface area contributed by atoms with E-state index in [2.05, 4.69) is 38.4 Å². The second-order valence-electron chi connectivity index (χ2n) is 8.40. The van der Waals surface area contributed by atoms with Crippen LogP contribution in [0.15, 0.2) is 40.5 Å². The zero-order chi connectivity index (χ0) is 19.8. The third-order valence-corrected chi connectivity index (χ3v) is 7.54. The maximum atomic E-state index is 11.9. The summed E-state index contributed by atoms with van der Waals surface area (Å²) in [6.07, 6.45) is 7.85. The van der Waals surface area contributed by atoms with Crippen LogP contribution in [0.1, 0.15) is 38.2 Å². The minimum absolute atomic E-state index is 0.00578. The molecule has 0 amide bonds. The fourth-order valence-electron chi connectivity index (χ4n) is 4.84. The lowest BCUT2D eigenvalue weighted by molar-refractivity contribution is -0.158. The number of ether oxygens (including phenoxy) is 1. The molecule has 5 rings (SSSR count). The summed E-state index contributed by atoms with van der Waals surface area (Å²) in [4.78, 5) is 24.4. The zero-order valence-corrected chi connectivity index (χ0v) is 17.5.